The third kappa shape index (κ3) is 7.53. The molecule has 0 aromatic heterocycles. The van der Waals surface area contributed by atoms with Gasteiger partial charge in [0, 0.05) is 21.8 Å². The maximum absolute atomic E-state index is 7.39. The molecule has 0 radical (unpaired) electrons. The Balaban J connectivity index is 1.53. The zero-order chi connectivity index (χ0) is 28.3. The van der Waals surface area contributed by atoms with Crippen LogP contribution in [0.25, 0.3) is 0 Å². The summed E-state index contributed by atoms with van der Waals surface area (Å²) in [7, 11) is 0. The predicted octanol–water partition coefficient (Wildman–Crippen LogP) is 7.63. The van der Waals surface area contributed by atoms with Crippen LogP contribution in [0.4, 0.5) is 5.69 Å². The maximum Gasteiger partial charge on any atom is 0.170 e. The van der Waals surface area contributed by atoms with Crippen LogP contribution >= 0.6 is 11.8 Å². The van der Waals surface area contributed by atoms with E-state index in [4.69, 9.17) is 19.6 Å². The van der Waals surface area contributed by atoms with E-state index < -0.39 is 12.2 Å². The van der Waals surface area contributed by atoms with Crippen molar-refractivity contribution in [1.82, 2.24) is 0 Å². The third-order valence-electron chi connectivity index (χ3n) is 6.50. The minimum absolute atomic E-state index is 0.227. The molecule has 2 unspecified atom stereocenters. The molecule has 41 heavy (non-hydrogen) atoms. The number of rotatable bonds is 7. The highest BCUT2D eigenvalue weighted by atomic mass is 32.2. The molecular formula is C33H30N4O3S. The van der Waals surface area contributed by atoms with E-state index >= 15 is 0 Å². The van der Waals surface area contributed by atoms with Crippen molar-refractivity contribution in [2.45, 2.75) is 37.1 Å². The number of benzene rings is 4. The highest BCUT2D eigenvalue weighted by Crippen LogP contribution is 2.32. The average molecular weight is 563 g/mol. The van der Waals surface area contributed by atoms with Crippen LogP contribution in [0.5, 0.6) is 17.2 Å². The Labute approximate surface area is 244 Å². The van der Waals surface area contributed by atoms with Crippen LogP contribution in [0.15, 0.2) is 117 Å². The van der Waals surface area contributed by atoms with Gasteiger partial charge in [-0.05, 0) is 42.8 Å². The molecule has 0 aliphatic carbocycles. The van der Waals surface area contributed by atoms with Crippen LogP contribution in [0, 0.1) is 12.3 Å². The van der Waals surface area contributed by atoms with Gasteiger partial charge in [0.2, 0.25) is 0 Å². The van der Waals surface area contributed by atoms with Gasteiger partial charge in [-0.25, -0.2) is 15.4 Å². The minimum atomic E-state index is -0.511. The summed E-state index contributed by atoms with van der Waals surface area (Å²) >= 11 is 1.70. The van der Waals surface area contributed by atoms with E-state index in [1.807, 2.05) is 78.9 Å². The largest absolute Gasteiger partial charge is 0.489 e. The number of fused-ring (bicyclic) bond motifs is 2. The van der Waals surface area contributed by atoms with Gasteiger partial charge in [-0.2, -0.15) is 4.99 Å². The van der Waals surface area contributed by atoms with E-state index in [9.17, 15) is 0 Å². The Hall–Kier alpha value is -4.61. The summed E-state index contributed by atoms with van der Waals surface area (Å²) in [4.78, 5) is 14.0. The topological polar surface area (TPSA) is 88.6 Å². The van der Waals surface area contributed by atoms with Gasteiger partial charge in [0.1, 0.15) is 35.6 Å². The van der Waals surface area contributed by atoms with E-state index in [0.717, 1.165) is 21.8 Å². The lowest BCUT2D eigenvalue weighted by atomic mass is 10.1. The summed E-state index contributed by atoms with van der Waals surface area (Å²) in [6.45, 7) is 3.12. The second-order valence-corrected chi connectivity index (χ2v) is 10.4. The van der Waals surface area contributed by atoms with Gasteiger partial charge in [0.05, 0.1) is 25.1 Å². The monoisotopic (exact) mass is 562 g/mol. The first kappa shape index (κ1) is 27.9. The van der Waals surface area contributed by atoms with E-state index in [2.05, 4.69) is 46.1 Å². The van der Waals surface area contributed by atoms with Crippen molar-refractivity contribution in [2.75, 3.05) is 12.4 Å². The number of hydrogen-bond donors (Lipinski definition) is 1. The molecule has 2 atom stereocenters. The summed E-state index contributed by atoms with van der Waals surface area (Å²) in [6, 6.07) is 36.2. The molecule has 4 aromatic carbocycles. The molecule has 1 N–H and O–H groups in total. The van der Waals surface area contributed by atoms with Crippen LogP contribution in [-0.2, 0) is 13.1 Å². The van der Waals surface area contributed by atoms with Crippen molar-refractivity contribution >= 4 is 29.5 Å². The Kier molecular flexibility index (Phi) is 9.64. The van der Waals surface area contributed by atoms with Gasteiger partial charge in [-0.15, -0.1) is 11.8 Å². The number of nitrogens with one attached hydrogen (secondary N) is 1. The van der Waals surface area contributed by atoms with Crippen molar-refractivity contribution < 1.29 is 14.2 Å². The van der Waals surface area contributed by atoms with Crippen LogP contribution < -0.4 is 14.2 Å². The van der Waals surface area contributed by atoms with Gasteiger partial charge in [0.15, 0.2) is 6.10 Å². The second-order valence-electron chi connectivity index (χ2n) is 9.34. The van der Waals surface area contributed by atoms with Crippen molar-refractivity contribution in [1.29, 1.82) is 5.41 Å². The van der Waals surface area contributed by atoms with Gasteiger partial charge in [0.25, 0.3) is 0 Å². The molecule has 206 valence electrons. The second kappa shape index (κ2) is 14.1. The fourth-order valence-corrected chi connectivity index (χ4v) is 5.45. The van der Waals surface area contributed by atoms with Crippen molar-refractivity contribution in [3.05, 3.63) is 114 Å². The first-order chi connectivity index (χ1) is 20.2. The molecule has 0 amide bonds. The van der Waals surface area contributed by atoms with Crippen LogP contribution in [0.1, 0.15) is 16.7 Å². The van der Waals surface area contributed by atoms with Crippen molar-refractivity contribution in [2.24, 2.45) is 15.0 Å². The Morgan fingerprint density at radius 2 is 1.59 bits per heavy atom. The molecule has 1 aliphatic rings. The summed E-state index contributed by atoms with van der Waals surface area (Å²) in [6.07, 6.45) is -0.963. The Morgan fingerprint density at radius 1 is 0.927 bits per heavy atom. The molecule has 5 rings (SSSR count). The van der Waals surface area contributed by atoms with Crippen molar-refractivity contribution in [3.63, 3.8) is 0 Å². The predicted molar refractivity (Wildman–Crippen MR) is 163 cm³/mol. The number of thioether (sulfide) groups is 1. The zero-order valence-electron chi connectivity index (χ0n) is 22.7. The van der Waals surface area contributed by atoms with E-state index in [1.165, 1.54) is 5.56 Å². The quantitative estimate of drug-likeness (QED) is 0.185. The van der Waals surface area contributed by atoms with E-state index in [-0.39, 0.29) is 6.61 Å². The number of nitrogens with zero attached hydrogens (tertiary/aromatic N) is 3. The molecule has 0 spiro atoms. The van der Waals surface area contributed by atoms with Crippen LogP contribution in [-0.4, -0.2) is 36.6 Å². The molecule has 7 nitrogen and oxygen atoms in total. The SMILES string of the molecule is Cc1ccccc1SCC(Oc1ccccc1N=C=N)C1COc2ccccc2CN=C=NCc2ccccc2O1. The van der Waals surface area contributed by atoms with E-state index in [1.54, 1.807) is 17.8 Å². The molecule has 0 bridgehead atoms. The molecule has 0 saturated heterocycles. The molecule has 4 aromatic rings. The number of aliphatic imine (C=N–C) groups is 3. The highest BCUT2D eigenvalue weighted by molar-refractivity contribution is 7.99. The third-order valence-corrected chi connectivity index (χ3v) is 7.76. The fraction of sp³-hybridized carbons (Fsp3) is 0.212. The molecule has 0 saturated carbocycles. The van der Waals surface area contributed by atoms with Crippen LogP contribution in [0.3, 0.4) is 0 Å². The molecule has 1 heterocycles. The van der Waals surface area contributed by atoms with Gasteiger partial charge >= 0.3 is 0 Å². The molecule has 0 fully saturated rings. The smallest absolute Gasteiger partial charge is 0.170 e. The Bertz CT molecular complexity index is 1590. The highest BCUT2D eigenvalue weighted by Gasteiger charge is 2.29. The normalized spacial score (nSPS) is 15.3. The average Bonchev–Trinajstić information content (AvgIpc) is 3.01. The van der Waals surface area contributed by atoms with E-state index in [0.29, 0.717) is 36.0 Å². The standard InChI is InChI=1S/C33H30N4O3S/c1-24-10-2-9-17-33(24)41-21-32(40-30-16-8-5-13-27(30)37-22-34)31-20-38-28-14-6-3-11-25(28)18-35-23-36-19-26-12-4-7-15-29(26)39-31/h2-17,31-32,34H,18-21H2,1H3. The number of ether oxygens (including phenoxy) is 3. The lowest BCUT2D eigenvalue weighted by molar-refractivity contribution is 0.0340. The summed E-state index contributed by atoms with van der Waals surface area (Å²) in [5.41, 5.74) is 3.56. The summed E-state index contributed by atoms with van der Waals surface area (Å²) in [5.74, 6) is 2.53. The van der Waals surface area contributed by atoms with Gasteiger partial charge in [-0.1, -0.05) is 66.7 Å². The Morgan fingerprint density at radius 3 is 2.37 bits per heavy atom. The molecular weight excluding hydrogens is 532 g/mol. The fourth-order valence-electron chi connectivity index (χ4n) is 4.35. The zero-order valence-corrected chi connectivity index (χ0v) is 23.5. The maximum atomic E-state index is 7.39. The molecule has 1 aliphatic heterocycles. The summed E-state index contributed by atoms with van der Waals surface area (Å²) < 4.78 is 19.8. The first-order valence-corrected chi connectivity index (χ1v) is 14.3. The number of aryl methyl sites for hydroxylation is 1. The minimum Gasteiger partial charge on any atom is -0.489 e. The van der Waals surface area contributed by atoms with Gasteiger partial charge < -0.3 is 14.2 Å². The van der Waals surface area contributed by atoms with Gasteiger partial charge in [-0.3, -0.25) is 0 Å². The number of hydrogen-bond acceptors (Lipinski definition) is 8. The summed E-state index contributed by atoms with van der Waals surface area (Å²) in [5, 5.41) is 7.39. The van der Waals surface area contributed by atoms with Crippen molar-refractivity contribution in [3.8, 4) is 17.2 Å². The van der Waals surface area contributed by atoms with Crippen LogP contribution in [0.2, 0.25) is 0 Å². The lowest BCUT2D eigenvalue weighted by Gasteiger charge is -2.30. The molecule has 8 heteroatoms. The number of para-hydroxylation sites is 4. The lowest BCUT2D eigenvalue weighted by Crippen LogP contribution is -2.43. The first-order valence-electron chi connectivity index (χ1n) is 13.3.